The third-order valence-corrected chi connectivity index (χ3v) is 5.95. The van der Waals surface area contributed by atoms with Crippen molar-refractivity contribution in [3.05, 3.63) is 46.8 Å². The molecular formula is C21H24N6O3S. The van der Waals surface area contributed by atoms with E-state index in [0.29, 0.717) is 54.3 Å². The van der Waals surface area contributed by atoms with Gasteiger partial charge < -0.3 is 25.6 Å². The summed E-state index contributed by atoms with van der Waals surface area (Å²) < 4.78 is 5.18. The molecule has 0 saturated carbocycles. The van der Waals surface area contributed by atoms with Gasteiger partial charge in [0.15, 0.2) is 0 Å². The quantitative estimate of drug-likeness (QED) is 0.586. The molecule has 2 aromatic heterocycles. The highest BCUT2D eigenvalue weighted by Gasteiger charge is 2.26. The Hall–Kier alpha value is -3.40. The zero-order chi connectivity index (χ0) is 21.8. The number of rotatable bonds is 5. The molecule has 9 nitrogen and oxygen atoms in total. The van der Waals surface area contributed by atoms with Gasteiger partial charge in [0.2, 0.25) is 5.95 Å². The lowest BCUT2D eigenvalue weighted by Crippen LogP contribution is -2.52. The van der Waals surface area contributed by atoms with Crippen molar-refractivity contribution in [2.45, 2.75) is 13.5 Å². The predicted molar refractivity (Wildman–Crippen MR) is 120 cm³/mol. The van der Waals surface area contributed by atoms with Crippen molar-refractivity contribution >= 4 is 45.3 Å². The molecule has 3 aromatic rings. The van der Waals surface area contributed by atoms with Crippen LogP contribution in [-0.4, -0.2) is 59.7 Å². The molecule has 1 fully saturated rings. The number of aromatic nitrogens is 2. The number of benzene rings is 1. The lowest BCUT2D eigenvalue weighted by Gasteiger charge is -2.35. The number of esters is 1. The Morgan fingerprint density at radius 3 is 2.61 bits per heavy atom. The Morgan fingerprint density at radius 2 is 1.90 bits per heavy atom. The summed E-state index contributed by atoms with van der Waals surface area (Å²) in [4.78, 5) is 38.1. The summed E-state index contributed by atoms with van der Waals surface area (Å²) in [5.41, 5.74) is 7.41. The molecule has 3 N–H and O–H groups in total. The van der Waals surface area contributed by atoms with Gasteiger partial charge in [0, 0.05) is 38.1 Å². The molecule has 10 heteroatoms. The molecule has 0 spiro atoms. The highest BCUT2D eigenvalue weighted by Crippen LogP contribution is 2.33. The van der Waals surface area contributed by atoms with E-state index in [-0.39, 0.29) is 18.6 Å². The average molecular weight is 441 g/mol. The highest BCUT2D eigenvalue weighted by atomic mass is 32.1. The predicted octanol–water partition coefficient (Wildman–Crippen LogP) is 2.48. The number of carbonyl (C=O) groups is 2. The molecule has 2 amide bonds. The maximum absolute atomic E-state index is 12.5. The van der Waals surface area contributed by atoms with Crippen molar-refractivity contribution in [3.63, 3.8) is 0 Å². The minimum Gasteiger partial charge on any atom is -0.462 e. The topological polar surface area (TPSA) is 114 Å². The van der Waals surface area contributed by atoms with Crippen LogP contribution in [0.2, 0.25) is 0 Å². The first-order valence-electron chi connectivity index (χ1n) is 10.1. The fourth-order valence-corrected chi connectivity index (χ4v) is 4.44. The molecule has 3 heterocycles. The van der Waals surface area contributed by atoms with Crippen LogP contribution in [0.3, 0.4) is 0 Å². The second-order valence-corrected chi connectivity index (χ2v) is 7.93. The summed E-state index contributed by atoms with van der Waals surface area (Å²) in [5, 5.41) is 5.34. The number of ether oxygens (including phenoxy) is 1. The van der Waals surface area contributed by atoms with Crippen LogP contribution in [-0.2, 0) is 11.3 Å². The van der Waals surface area contributed by atoms with E-state index < -0.39 is 5.97 Å². The third-order valence-electron chi connectivity index (χ3n) is 5.08. The second-order valence-electron chi connectivity index (χ2n) is 7.07. The monoisotopic (exact) mass is 440 g/mol. The molecule has 162 valence electrons. The number of thiophene rings is 1. The van der Waals surface area contributed by atoms with E-state index in [1.807, 2.05) is 35.2 Å². The van der Waals surface area contributed by atoms with Crippen LogP contribution in [0.15, 0.2) is 35.7 Å². The first-order valence-corrected chi connectivity index (χ1v) is 11.0. The molecule has 0 bridgehead atoms. The van der Waals surface area contributed by atoms with Gasteiger partial charge in [-0.2, -0.15) is 4.98 Å². The number of urea groups is 1. The third kappa shape index (κ3) is 4.53. The summed E-state index contributed by atoms with van der Waals surface area (Å²) in [6, 6.07) is 9.70. The molecule has 1 aromatic carbocycles. The highest BCUT2D eigenvalue weighted by molar-refractivity contribution is 7.17. The number of amides is 2. The summed E-state index contributed by atoms with van der Waals surface area (Å²) in [6.07, 6.45) is 0. The zero-order valence-corrected chi connectivity index (χ0v) is 18.0. The maximum Gasteiger partial charge on any atom is 0.339 e. The number of nitrogens with zero attached hydrogens (tertiary/aromatic N) is 4. The van der Waals surface area contributed by atoms with E-state index in [1.54, 1.807) is 17.2 Å². The van der Waals surface area contributed by atoms with Crippen LogP contribution < -0.4 is 16.0 Å². The summed E-state index contributed by atoms with van der Waals surface area (Å²) in [6.45, 7) is 4.75. The van der Waals surface area contributed by atoms with Gasteiger partial charge in [0.05, 0.1) is 17.6 Å². The van der Waals surface area contributed by atoms with Crippen LogP contribution in [0.4, 0.5) is 16.6 Å². The molecule has 1 aliphatic rings. The fourth-order valence-electron chi connectivity index (χ4n) is 3.53. The van der Waals surface area contributed by atoms with E-state index >= 15 is 0 Å². The van der Waals surface area contributed by atoms with E-state index in [9.17, 15) is 9.59 Å². The number of nitrogen functional groups attached to an aromatic ring is 1. The molecule has 0 atom stereocenters. The van der Waals surface area contributed by atoms with Crippen LogP contribution >= 0.6 is 11.3 Å². The first-order chi connectivity index (χ1) is 15.1. The van der Waals surface area contributed by atoms with Crippen molar-refractivity contribution in [2.24, 2.45) is 0 Å². The Labute approximate surface area is 183 Å². The lowest BCUT2D eigenvalue weighted by atomic mass is 10.2. The van der Waals surface area contributed by atoms with E-state index in [0.717, 1.165) is 5.56 Å². The number of hydrogen-bond acceptors (Lipinski definition) is 8. The van der Waals surface area contributed by atoms with Gasteiger partial charge in [-0.15, -0.1) is 11.3 Å². The van der Waals surface area contributed by atoms with Gasteiger partial charge in [0.25, 0.3) is 0 Å². The number of piperazine rings is 1. The number of carbonyl (C=O) groups excluding carboxylic acids is 2. The summed E-state index contributed by atoms with van der Waals surface area (Å²) >= 11 is 1.34. The van der Waals surface area contributed by atoms with E-state index in [4.69, 9.17) is 10.5 Å². The SMILES string of the molecule is CCOC(=O)c1csc2nc(N)nc(N3CCN(C(=O)NCc4ccccc4)CC3)c12. The number of hydrogen-bond donors (Lipinski definition) is 2. The van der Waals surface area contributed by atoms with Crippen molar-refractivity contribution in [1.82, 2.24) is 20.2 Å². The largest absolute Gasteiger partial charge is 0.462 e. The number of fused-ring (bicyclic) bond motifs is 1. The molecule has 0 aliphatic carbocycles. The maximum atomic E-state index is 12.5. The van der Waals surface area contributed by atoms with Crippen LogP contribution in [0.1, 0.15) is 22.8 Å². The normalized spacial score (nSPS) is 14.0. The van der Waals surface area contributed by atoms with Gasteiger partial charge in [-0.05, 0) is 12.5 Å². The van der Waals surface area contributed by atoms with Gasteiger partial charge in [0.1, 0.15) is 10.6 Å². The zero-order valence-electron chi connectivity index (χ0n) is 17.2. The van der Waals surface area contributed by atoms with Gasteiger partial charge in [-0.3, -0.25) is 0 Å². The fraction of sp³-hybridized carbons (Fsp3) is 0.333. The second kappa shape index (κ2) is 9.17. The standard InChI is InChI=1S/C21H24N6O3S/c1-2-30-19(28)15-13-31-18-16(15)17(24-20(22)25-18)26-8-10-27(11-9-26)21(29)23-12-14-6-4-3-5-7-14/h3-7,13H,2,8-12H2,1H3,(H,23,29)(H2,22,24,25). The van der Waals surface area contributed by atoms with Crippen molar-refractivity contribution in [1.29, 1.82) is 0 Å². The molecular weight excluding hydrogens is 416 g/mol. The average Bonchev–Trinajstić information content (AvgIpc) is 3.22. The Morgan fingerprint density at radius 1 is 1.16 bits per heavy atom. The molecule has 31 heavy (non-hydrogen) atoms. The van der Waals surface area contributed by atoms with E-state index in [2.05, 4.69) is 15.3 Å². The molecule has 4 rings (SSSR count). The van der Waals surface area contributed by atoms with Crippen LogP contribution in [0.5, 0.6) is 0 Å². The van der Waals surface area contributed by atoms with Gasteiger partial charge in [-0.25, -0.2) is 14.6 Å². The van der Waals surface area contributed by atoms with Crippen molar-refractivity contribution < 1.29 is 14.3 Å². The minimum absolute atomic E-state index is 0.0985. The van der Waals surface area contributed by atoms with Gasteiger partial charge in [-0.1, -0.05) is 30.3 Å². The minimum atomic E-state index is -0.401. The first kappa shape index (κ1) is 20.9. The molecule has 0 radical (unpaired) electrons. The van der Waals surface area contributed by atoms with E-state index in [1.165, 1.54) is 11.3 Å². The molecule has 1 saturated heterocycles. The van der Waals surface area contributed by atoms with Gasteiger partial charge >= 0.3 is 12.0 Å². The van der Waals surface area contributed by atoms with Crippen LogP contribution in [0, 0.1) is 0 Å². The Bertz CT molecular complexity index is 1080. The number of nitrogens with one attached hydrogen (secondary N) is 1. The number of anilines is 2. The van der Waals surface area contributed by atoms with Crippen LogP contribution in [0.25, 0.3) is 10.2 Å². The Balaban J connectivity index is 1.46. The Kier molecular flexibility index (Phi) is 6.17. The molecule has 0 unspecified atom stereocenters. The summed E-state index contributed by atoms with van der Waals surface area (Å²) in [5.74, 6) is 0.362. The van der Waals surface area contributed by atoms with Crippen molar-refractivity contribution in [3.8, 4) is 0 Å². The lowest BCUT2D eigenvalue weighted by molar-refractivity contribution is 0.0529. The summed E-state index contributed by atoms with van der Waals surface area (Å²) in [7, 11) is 0. The van der Waals surface area contributed by atoms with Crippen molar-refractivity contribution in [2.75, 3.05) is 43.4 Å². The smallest absolute Gasteiger partial charge is 0.339 e. The molecule has 1 aliphatic heterocycles. The number of nitrogens with two attached hydrogens (primary N) is 1.